The molecule has 2 rings (SSSR count). The molecule has 0 radical (unpaired) electrons. The molecule has 1 aromatic carbocycles. The van der Waals surface area contributed by atoms with Crippen LogP contribution in [0.1, 0.15) is 38.1 Å². The van der Waals surface area contributed by atoms with Gasteiger partial charge in [-0.2, -0.15) is 0 Å². The van der Waals surface area contributed by atoms with E-state index in [2.05, 4.69) is 5.32 Å². The van der Waals surface area contributed by atoms with E-state index >= 15 is 0 Å². The van der Waals surface area contributed by atoms with Gasteiger partial charge in [-0.3, -0.25) is 4.79 Å². The van der Waals surface area contributed by atoms with Crippen molar-refractivity contribution in [2.75, 3.05) is 27.2 Å². The van der Waals surface area contributed by atoms with Gasteiger partial charge in [0.15, 0.2) is 0 Å². The van der Waals surface area contributed by atoms with E-state index in [9.17, 15) is 9.18 Å². The first-order valence-electron chi connectivity index (χ1n) is 8.11. The minimum absolute atomic E-state index is 0.284. The molecule has 0 bridgehead atoms. The molecule has 24 heavy (non-hydrogen) atoms. The van der Waals surface area contributed by atoms with Crippen molar-refractivity contribution >= 4 is 18.5 Å². The fraction of sp³-hybridized carbons (Fsp3) is 0.588. The fourth-order valence-corrected chi connectivity index (χ4v) is 2.32. The third-order valence-corrected chi connectivity index (χ3v) is 4.61. The van der Waals surface area contributed by atoms with Gasteiger partial charge in [-0.25, -0.2) is 4.39 Å². The van der Waals surface area contributed by atoms with E-state index in [1.165, 1.54) is 6.07 Å². The normalized spacial score (nSPS) is 18.9. The molecule has 0 atom stereocenters. The summed E-state index contributed by atoms with van der Waals surface area (Å²) in [6.07, 6.45) is 0. The highest BCUT2D eigenvalue weighted by molar-refractivity contribution is 6.62. The van der Waals surface area contributed by atoms with Gasteiger partial charge in [-0.1, -0.05) is 6.07 Å². The van der Waals surface area contributed by atoms with Crippen LogP contribution in [-0.4, -0.2) is 56.3 Å². The van der Waals surface area contributed by atoms with Crippen LogP contribution in [0.5, 0.6) is 0 Å². The minimum atomic E-state index is -0.777. The van der Waals surface area contributed by atoms with E-state index in [1.807, 2.05) is 46.7 Å². The second kappa shape index (κ2) is 6.82. The van der Waals surface area contributed by atoms with Gasteiger partial charge in [0, 0.05) is 24.1 Å². The lowest BCUT2D eigenvalue weighted by atomic mass is 9.78. The molecule has 0 aromatic heterocycles. The summed E-state index contributed by atoms with van der Waals surface area (Å²) < 4.78 is 26.2. The van der Waals surface area contributed by atoms with Crippen molar-refractivity contribution in [2.45, 2.75) is 38.9 Å². The van der Waals surface area contributed by atoms with Crippen LogP contribution < -0.4 is 10.8 Å². The van der Waals surface area contributed by atoms with Crippen molar-refractivity contribution in [2.24, 2.45) is 0 Å². The Morgan fingerprint density at radius 1 is 1.21 bits per heavy atom. The van der Waals surface area contributed by atoms with Gasteiger partial charge >= 0.3 is 7.12 Å². The Balaban J connectivity index is 2.09. The number of benzene rings is 1. The molecule has 1 heterocycles. The van der Waals surface area contributed by atoms with Gasteiger partial charge in [0.2, 0.25) is 0 Å². The van der Waals surface area contributed by atoms with E-state index in [0.29, 0.717) is 12.0 Å². The van der Waals surface area contributed by atoms with Gasteiger partial charge in [0.05, 0.1) is 11.2 Å². The number of amides is 1. The summed E-state index contributed by atoms with van der Waals surface area (Å²) in [6, 6.07) is 4.37. The van der Waals surface area contributed by atoms with E-state index in [-0.39, 0.29) is 11.5 Å². The van der Waals surface area contributed by atoms with Crippen LogP contribution in [0.2, 0.25) is 0 Å². The second-order valence-electron chi connectivity index (χ2n) is 7.38. The standard InChI is InChI=1S/C17H26BFN2O3/c1-16(2)17(3,4)24-18(23-16)13-8-7-12(11-14(13)19)15(22)20-9-10-21(5)6/h7-8,11H,9-10H2,1-6H3,(H,20,22). The Bertz CT molecular complexity index is 604. The van der Waals surface area contributed by atoms with Crippen LogP contribution in [0.25, 0.3) is 0 Å². The van der Waals surface area contributed by atoms with Gasteiger partial charge in [0.25, 0.3) is 5.91 Å². The van der Waals surface area contributed by atoms with E-state index in [1.54, 1.807) is 12.1 Å². The highest BCUT2D eigenvalue weighted by Crippen LogP contribution is 2.36. The lowest BCUT2D eigenvalue weighted by Gasteiger charge is -2.32. The number of nitrogens with zero attached hydrogens (tertiary/aromatic N) is 1. The summed E-state index contributed by atoms with van der Waals surface area (Å²) >= 11 is 0. The zero-order valence-corrected chi connectivity index (χ0v) is 15.3. The van der Waals surface area contributed by atoms with Gasteiger partial charge in [0.1, 0.15) is 5.82 Å². The van der Waals surface area contributed by atoms with E-state index in [4.69, 9.17) is 9.31 Å². The maximum atomic E-state index is 14.5. The van der Waals surface area contributed by atoms with Crippen molar-refractivity contribution in [3.8, 4) is 0 Å². The molecule has 7 heteroatoms. The predicted octanol–water partition coefficient (Wildman–Crippen LogP) is 1.42. The number of nitrogens with one attached hydrogen (secondary N) is 1. The van der Waals surface area contributed by atoms with Crippen LogP contribution in [0.4, 0.5) is 4.39 Å². The molecular formula is C17H26BFN2O3. The Kier molecular flexibility index (Phi) is 5.37. The number of carbonyl (C=O) groups is 1. The van der Waals surface area contributed by atoms with Gasteiger partial charge in [-0.05, 0) is 53.9 Å². The van der Waals surface area contributed by atoms with Gasteiger partial charge < -0.3 is 19.5 Å². The van der Waals surface area contributed by atoms with Crippen LogP contribution in [-0.2, 0) is 9.31 Å². The van der Waals surface area contributed by atoms with E-state index < -0.39 is 24.1 Å². The summed E-state index contributed by atoms with van der Waals surface area (Å²) in [6.45, 7) is 8.89. The average Bonchev–Trinajstić information content (AvgIpc) is 2.66. The molecule has 0 unspecified atom stereocenters. The van der Waals surface area contributed by atoms with E-state index in [0.717, 1.165) is 6.54 Å². The molecule has 1 amide bonds. The molecule has 1 aromatic rings. The quantitative estimate of drug-likeness (QED) is 0.827. The van der Waals surface area contributed by atoms with Crippen LogP contribution in [0, 0.1) is 5.82 Å². The molecule has 1 fully saturated rings. The molecule has 1 aliphatic rings. The predicted molar refractivity (Wildman–Crippen MR) is 93.0 cm³/mol. The summed E-state index contributed by atoms with van der Waals surface area (Å²) in [5, 5.41) is 2.76. The smallest absolute Gasteiger partial charge is 0.399 e. The topological polar surface area (TPSA) is 50.8 Å². The zero-order valence-electron chi connectivity index (χ0n) is 15.3. The number of carbonyl (C=O) groups excluding carboxylic acids is 1. The van der Waals surface area contributed by atoms with Crippen LogP contribution in [0.3, 0.4) is 0 Å². The zero-order chi connectivity index (χ0) is 18.1. The molecular weight excluding hydrogens is 310 g/mol. The van der Waals surface area contributed by atoms with Crippen molar-refractivity contribution in [1.82, 2.24) is 10.2 Å². The Labute approximate surface area is 143 Å². The second-order valence-corrected chi connectivity index (χ2v) is 7.38. The largest absolute Gasteiger partial charge is 0.497 e. The third kappa shape index (κ3) is 3.96. The Morgan fingerprint density at radius 2 is 1.79 bits per heavy atom. The summed E-state index contributed by atoms with van der Waals surface area (Å²) in [5.41, 5.74) is -0.483. The molecule has 0 aliphatic carbocycles. The van der Waals surface area contributed by atoms with Crippen molar-refractivity contribution < 1.29 is 18.5 Å². The molecule has 0 saturated carbocycles. The van der Waals surface area contributed by atoms with Crippen molar-refractivity contribution in [3.05, 3.63) is 29.6 Å². The van der Waals surface area contributed by atoms with Crippen LogP contribution >= 0.6 is 0 Å². The van der Waals surface area contributed by atoms with Crippen LogP contribution in [0.15, 0.2) is 18.2 Å². The number of likely N-dealkylation sites (N-methyl/N-ethyl adjacent to an activating group) is 1. The highest BCUT2D eigenvalue weighted by atomic mass is 19.1. The number of hydrogen-bond acceptors (Lipinski definition) is 4. The molecule has 0 spiro atoms. The number of hydrogen-bond donors (Lipinski definition) is 1. The summed E-state index contributed by atoms with van der Waals surface area (Å²) in [7, 11) is 3.07. The monoisotopic (exact) mass is 336 g/mol. The first-order valence-corrected chi connectivity index (χ1v) is 8.11. The Morgan fingerprint density at radius 3 is 2.29 bits per heavy atom. The highest BCUT2D eigenvalue weighted by Gasteiger charge is 2.52. The lowest BCUT2D eigenvalue weighted by molar-refractivity contribution is 0.00578. The maximum Gasteiger partial charge on any atom is 0.497 e. The number of rotatable bonds is 5. The summed E-state index contributed by atoms with van der Waals surface area (Å²) in [5.74, 6) is -0.801. The Hall–Kier alpha value is -1.44. The fourth-order valence-electron chi connectivity index (χ4n) is 2.32. The molecule has 1 N–H and O–H groups in total. The first kappa shape index (κ1) is 18.9. The maximum absolute atomic E-state index is 14.5. The summed E-state index contributed by atoms with van der Waals surface area (Å²) in [4.78, 5) is 14.0. The minimum Gasteiger partial charge on any atom is -0.399 e. The number of halogens is 1. The van der Waals surface area contributed by atoms with Crippen molar-refractivity contribution in [3.63, 3.8) is 0 Å². The molecule has 5 nitrogen and oxygen atoms in total. The van der Waals surface area contributed by atoms with Crippen molar-refractivity contribution in [1.29, 1.82) is 0 Å². The average molecular weight is 336 g/mol. The molecule has 132 valence electrons. The SMILES string of the molecule is CN(C)CCNC(=O)c1ccc(B2OC(C)(C)C(C)(C)O2)c(F)c1. The molecule has 1 aliphatic heterocycles. The lowest BCUT2D eigenvalue weighted by Crippen LogP contribution is -2.41. The molecule has 1 saturated heterocycles. The van der Waals surface area contributed by atoms with Gasteiger partial charge in [-0.15, -0.1) is 0 Å². The third-order valence-electron chi connectivity index (χ3n) is 4.61. The first-order chi connectivity index (χ1) is 11.0.